The number of nitrogens with zero attached hydrogens (tertiary/aromatic N) is 4. The van der Waals surface area contributed by atoms with Crippen molar-refractivity contribution in [2.75, 3.05) is 19.7 Å². The Morgan fingerprint density at radius 1 is 1.33 bits per heavy atom. The Labute approximate surface area is 141 Å². The van der Waals surface area contributed by atoms with E-state index in [0.29, 0.717) is 36.7 Å². The van der Waals surface area contributed by atoms with Gasteiger partial charge in [-0.25, -0.2) is 9.97 Å². The fourth-order valence-electron chi connectivity index (χ4n) is 2.98. The van der Waals surface area contributed by atoms with Gasteiger partial charge in [-0.05, 0) is 39.7 Å². The van der Waals surface area contributed by atoms with E-state index < -0.39 is 0 Å². The molecule has 0 N–H and O–H groups in total. The molecule has 2 aromatic rings. The van der Waals surface area contributed by atoms with Crippen LogP contribution in [0.2, 0.25) is 0 Å². The highest BCUT2D eigenvalue weighted by Crippen LogP contribution is 2.18. The van der Waals surface area contributed by atoms with Crippen molar-refractivity contribution in [1.29, 1.82) is 0 Å². The fourth-order valence-corrected chi connectivity index (χ4v) is 2.98. The summed E-state index contributed by atoms with van der Waals surface area (Å²) in [7, 11) is 0. The third kappa shape index (κ3) is 3.62. The molecule has 1 saturated heterocycles. The van der Waals surface area contributed by atoms with Gasteiger partial charge in [-0.2, -0.15) is 0 Å². The van der Waals surface area contributed by atoms with E-state index in [1.54, 1.807) is 20.2 Å². The second-order valence-electron chi connectivity index (χ2n) is 6.13. The summed E-state index contributed by atoms with van der Waals surface area (Å²) in [5, 5.41) is 3.87. The van der Waals surface area contributed by atoms with Gasteiger partial charge in [-0.3, -0.25) is 4.79 Å². The minimum absolute atomic E-state index is 0.0124. The number of aryl methyl sites for hydroxylation is 4. The van der Waals surface area contributed by atoms with E-state index in [4.69, 9.17) is 9.26 Å². The Balaban J connectivity index is 1.61. The predicted octanol–water partition coefficient (Wildman–Crippen LogP) is 1.86. The maximum Gasteiger partial charge on any atom is 0.259 e. The highest BCUT2D eigenvalue weighted by atomic mass is 16.5. The number of carbonyl (C=O) groups is 1. The number of amides is 1. The lowest BCUT2D eigenvalue weighted by molar-refractivity contribution is -0.0247. The number of morpholine rings is 1. The van der Waals surface area contributed by atoms with E-state index >= 15 is 0 Å². The van der Waals surface area contributed by atoms with Crippen LogP contribution in [0.4, 0.5) is 0 Å². The monoisotopic (exact) mass is 330 g/mol. The Morgan fingerprint density at radius 3 is 2.88 bits per heavy atom. The summed E-state index contributed by atoms with van der Waals surface area (Å²) in [6.07, 6.45) is 3.22. The predicted molar refractivity (Wildman–Crippen MR) is 86.7 cm³/mol. The normalized spacial score (nSPS) is 18.0. The molecule has 3 heterocycles. The summed E-state index contributed by atoms with van der Waals surface area (Å²) < 4.78 is 10.9. The number of ether oxygens (including phenoxy) is 1. The summed E-state index contributed by atoms with van der Waals surface area (Å²) in [6, 6.07) is 1.98. The standard InChI is InChI=1S/C17H22N4O3/c1-11-8-14(19-10-18-11)4-5-15-9-21(6-7-23-15)17(22)16-12(2)20-24-13(16)3/h8,10,15H,4-7,9H2,1-3H3/t15-/m1/s1. The topological polar surface area (TPSA) is 81.4 Å². The van der Waals surface area contributed by atoms with Gasteiger partial charge in [-0.1, -0.05) is 5.16 Å². The molecule has 0 aromatic carbocycles. The van der Waals surface area contributed by atoms with Crippen LogP contribution < -0.4 is 0 Å². The Kier molecular flexibility index (Phi) is 4.89. The van der Waals surface area contributed by atoms with Crippen molar-refractivity contribution in [1.82, 2.24) is 20.0 Å². The van der Waals surface area contributed by atoms with Crippen molar-refractivity contribution < 1.29 is 14.1 Å². The molecule has 0 radical (unpaired) electrons. The quantitative estimate of drug-likeness (QED) is 0.851. The molecule has 1 aliphatic heterocycles. The van der Waals surface area contributed by atoms with E-state index in [2.05, 4.69) is 15.1 Å². The molecule has 0 aliphatic carbocycles. The van der Waals surface area contributed by atoms with Crippen LogP contribution in [0.15, 0.2) is 16.9 Å². The van der Waals surface area contributed by atoms with Gasteiger partial charge in [0, 0.05) is 24.5 Å². The maximum absolute atomic E-state index is 12.7. The molecule has 24 heavy (non-hydrogen) atoms. The average Bonchev–Trinajstić information content (AvgIpc) is 2.91. The van der Waals surface area contributed by atoms with Gasteiger partial charge < -0.3 is 14.2 Å². The SMILES string of the molecule is Cc1cc(CC[C@@H]2CN(C(=O)c3c(C)noc3C)CCO2)ncn1. The highest BCUT2D eigenvalue weighted by Gasteiger charge is 2.28. The summed E-state index contributed by atoms with van der Waals surface area (Å²) in [4.78, 5) is 22.9. The molecule has 0 saturated carbocycles. The van der Waals surface area contributed by atoms with Gasteiger partial charge in [0.15, 0.2) is 0 Å². The van der Waals surface area contributed by atoms with E-state index in [0.717, 1.165) is 24.2 Å². The Bertz CT molecular complexity index is 709. The highest BCUT2D eigenvalue weighted by molar-refractivity contribution is 5.96. The lowest BCUT2D eigenvalue weighted by Crippen LogP contribution is -2.46. The summed E-state index contributed by atoms with van der Waals surface area (Å²) >= 11 is 0. The van der Waals surface area contributed by atoms with Crippen LogP contribution in [-0.2, 0) is 11.2 Å². The third-order valence-corrected chi connectivity index (χ3v) is 4.26. The van der Waals surface area contributed by atoms with Crippen LogP contribution >= 0.6 is 0 Å². The first-order chi connectivity index (χ1) is 11.5. The van der Waals surface area contributed by atoms with Gasteiger partial charge in [-0.15, -0.1) is 0 Å². The molecular weight excluding hydrogens is 308 g/mol. The van der Waals surface area contributed by atoms with Gasteiger partial charge in [0.05, 0.1) is 18.4 Å². The van der Waals surface area contributed by atoms with Crippen molar-refractivity contribution in [3.63, 3.8) is 0 Å². The molecule has 1 amide bonds. The lowest BCUT2D eigenvalue weighted by atomic mass is 10.1. The first-order valence-electron chi connectivity index (χ1n) is 8.16. The molecule has 0 bridgehead atoms. The van der Waals surface area contributed by atoms with Gasteiger partial charge in [0.25, 0.3) is 5.91 Å². The van der Waals surface area contributed by atoms with Gasteiger partial charge >= 0.3 is 0 Å². The van der Waals surface area contributed by atoms with E-state index in [1.165, 1.54) is 0 Å². The van der Waals surface area contributed by atoms with Crippen molar-refractivity contribution in [3.05, 3.63) is 40.8 Å². The van der Waals surface area contributed by atoms with E-state index in [9.17, 15) is 4.79 Å². The van der Waals surface area contributed by atoms with Gasteiger partial charge in [0.1, 0.15) is 17.7 Å². The molecule has 0 unspecified atom stereocenters. The Hall–Kier alpha value is -2.28. The molecule has 3 rings (SSSR count). The molecule has 1 aliphatic rings. The summed E-state index contributed by atoms with van der Waals surface area (Å²) in [6.45, 7) is 7.22. The lowest BCUT2D eigenvalue weighted by Gasteiger charge is -2.33. The molecule has 1 fully saturated rings. The first-order valence-corrected chi connectivity index (χ1v) is 8.16. The van der Waals surface area contributed by atoms with Crippen LogP contribution in [0.3, 0.4) is 0 Å². The van der Waals surface area contributed by atoms with Crippen LogP contribution in [0.1, 0.15) is 39.6 Å². The van der Waals surface area contributed by atoms with Crippen LogP contribution in [0.5, 0.6) is 0 Å². The second-order valence-corrected chi connectivity index (χ2v) is 6.13. The molecule has 128 valence electrons. The van der Waals surface area contributed by atoms with Crippen LogP contribution in [0.25, 0.3) is 0 Å². The largest absolute Gasteiger partial charge is 0.375 e. The minimum atomic E-state index is -0.0302. The minimum Gasteiger partial charge on any atom is -0.375 e. The van der Waals surface area contributed by atoms with Crippen LogP contribution in [-0.4, -0.2) is 51.7 Å². The molecule has 1 atom stereocenters. The fraction of sp³-hybridized carbons (Fsp3) is 0.529. The van der Waals surface area contributed by atoms with Crippen molar-refractivity contribution in [2.24, 2.45) is 0 Å². The Morgan fingerprint density at radius 2 is 2.17 bits per heavy atom. The molecular formula is C17H22N4O3. The number of carbonyl (C=O) groups excluding carboxylic acids is 1. The van der Waals surface area contributed by atoms with E-state index in [1.807, 2.05) is 17.9 Å². The molecule has 7 nitrogen and oxygen atoms in total. The number of rotatable bonds is 4. The van der Waals surface area contributed by atoms with Crippen molar-refractivity contribution in [3.8, 4) is 0 Å². The summed E-state index contributed by atoms with van der Waals surface area (Å²) in [5.41, 5.74) is 3.17. The molecule has 7 heteroatoms. The van der Waals surface area contributed by atoms with Crippen molar-refractivity contribution >= 4 is 5.91 Å². The van der Waals surface area contributed by atoms with E-state index in [-0.39, 0.29) is 12.0 Å². The summed E-state index contributed by atoms with van der Waals surface area (Å²) in [5.74, 6) is 0.537. The van der Waals surface area contributed by atoms with Crippen molar-refractivity contribution in [2.45, 2.75) is 39.7 Å². The van der Waals surface area contributed by atoms with Gasteiger partial charge in [0.2, 0.25) is 0 Å². The third-order valence-electron chi connectivity index (χ3n) is 4.26. The second kappa shape index (κ2) is 7.09. The zero-order chi connectivity index (χ0) is 17.1. The smallest absolute Gasteiger partial charge is 0.259 e. The molecule has 0 spiro atoms. The number of hydrogen-bond donors (Lipinski definition) is 0. The average molecular weight is 330 g/mol. The van der Waals surface area contributed by atoms with Crippen LogP contribution in [0, 0.1) is 20.8 Å². The number of aromatic nitrogens is 3. The molecule has 2 aromatic heterocycles. The first kappa shape index (κ1) is 16.6. The zero-order valence-electron chi connectivity index (χ0n) is 14.3. The maximum atomic E-state index is 12.7. The zero-order valence-corrected chi connectivity index (χ0v) is 14.3. The number of hydrogen-bond acceptors (Lipinski definition) is 6.